The SMILES string of the molecule is CC1CC(CCCC#N)C(O)CC1(C)N. The lowest BCUT2D eigenvalue weighted by Gasteiger charge is -2.43. The van der Waals surface area contributed by atoms with Crippen molar-refractivity contribution in [3.8, 4) is 6.07 Å². The molecule has 4 unspecified atom stereocenters. The van der Waals surface area contributed by atoms with Crippen LogP contribution in [0.1, 0.15) is 46.0 Å². The maximum absolute atomic E-state index is 9.96. The third-order valence-corrected chi connectivity index (χ3v) is 3.84. The van der Waals surface area contributed by atoms with Gasteiger partial charge in [-0.05, 0) is 44.4 Å². The molecule has 3 heteroatoms. The zero-order valence-electron chi connectivity index (χ0n) is 9.74. The van der Waals surface area contributed by atoms with Gasteiger partial charge in [0.2, 0.25) is 0 Å². The van der Waals surface area contributed by atoms with Gasteiger partial charge in [-0.2, -0.15) is 5.26 Å². The Hall–Kier alpha value is -0.590. The van der Waals surface area contributed by atoms with Crippen LogP contribution in [0, 0.1) is 23.2 Å². The van der Waals surface area contributed by atoms with Crippen LogP contribution in [0.3, 0.4) is 0 Å². The van der Waals surface area contributed by atoms with E-state index in [1.165, 1.54) is 0 Å². The highest BCUT2D eigenvalue weighted by Crippen LogP contribution is 2.37. The topological polar surface area (TPSA) is 70.0 Å². The predicted molar refractivity (Wildman–Crippen MR) is 60.0 cm³/mol. The Kier molecular flexibility index (Phi) is 4.12. The minimum Gasteiger partial charge on any atom is -0.393 e. The molecule has 15 heavy (non-hydrogen) atoms. The molecule has 0 aromatic heterocycles. The second kappa shape index (κ2) is 4.96. The Balaban J connectivity index is 2.45. The van der Waals surface area contributed by atoms with Crippen LogP contribution in [0.15, 0.2) is 0 Å². The zero-order chi connectivity index (χ0) is 11.5. The van der Waals surface area contributed by atoms with Crippen molar-refractivity contribution >= 4 is 0 Å². The molecule has 86 valence electrons. The molecule has 1 aliphatic carbocycles. The van der Waals surface area contributed by atoms with E-state index in [1.54, 1.807) is 0 Å². The molecule has 0 spiro atoms. The Labute approximate surface area is 92.3 Å². The molecule has 3 N–H and O–H groups in total. The highest BCUT2D eigenvalue weighted by Gasteiger charge is 2.38. The number of aliphatic hydroxyl groups is 1. The van der Waals surface area contributed by atoms with Gasteiger partial charge < -0.3 is 10.8 Å². The van der Waals surface area contributed by atoms with Crippen molar-refractivity contribution < 1.29 is 5.11 Å². The Morgan fingerprint density at radius 1 is 1.60 bits per heavy atom. The Morgan fingerprint density at radius 3 is 2.87 bits per heavy atom. The maximum Gasteiger partial charge on any atom is 0.0621 e. The average Bonchev–Trinajstić information content (AvgIpc) is 2.13. The first-order valence-corrected chi connectivity index (χ1v) is 5.81. The van der Waals surface area contributed by atoms with E-state index in [-0.39, 0.29) is 11.6 Å². The zero-order valence-corrected chi connectivity index (χ0v) is 9.74. The summed E-state index contributed by atoms with van der Waals surface area (Å²) in [5.41, 5.74) is 5.89. The molecule has 0 aliphatic heterocycles. The van der Waals surface area contributed by atoms with Crippen molar-refractivity contribution in [2.75, 3.05) is 0 Å². The van der Waals surface area contributed by atoms with E-state index in [9.17, 15) is 5.11 Å². The molecule has 0 bridgehead atoms. The van der Waals surface area contributed by atoms with Crippen LogP contribution in [0.5, 0.6) is 0 Å². The number of hydrogen-bond donors (Lipinski definition) is 2. The molecule has 1 rings (SSSR count). The monoisotopic (exact) mass is 210 g/mol. The Bertz CT molecular complexity index is 244. The number of hydrogen-bond acceptors (Lipinski definition) is 3. The lowest BCUT2D eigenvalue weighted by Crippen LogP contribution is -2.52. The van der Waals surface area contributed by atoms with Gasteiger partial charge in [0.1, 0.15) is 0 Å². The molecule has 0 heterocycles. The van der Waals surface area contributed by atoms with Gasteiger partial charge in [0.25, 0.3) is 0 Å². The van der Waals surface area contributed by atoms with E-state index >= 15 is 0 Å². The third-order valence-electron chi connectivity index (χ3n) is 3.84. The first-order valence-electron chi connectivity index (χ1n) is 5.81. The first-order chi connectivity index (χ1) is 6.97. The molecule has 1 saturated carbocycles. The van der Waals surface area contributed by atoms with E-state index in [2.05, 4.69) is 13.0 Å². The molecule has 0 aromatic carbocycles. The van der Waals surface area contributed by atoms with E-state index in [1.807, 2.05) is 6.92 Å². The van der Waals surface area contributed by atoms with Gasteiger partial charge in [0, 0.05) is 12.0 Å². The molecule has 3 nitrogen and oxygen atoms in total. The lowest BCUT2D eigenvalue weighted by atomic mass is 9.68. The molecule has 0 amide bonds. The summed E-state index contributed by atoms with van der Waals surface area (Å²) in [6.07, 6.45) is 3.83. The molecule has 0 aromatic rings. The summed E-state index contributed by atoms with van der Waals surface area (Å²) in [5, 5.41) is 18.4. The number of unbranched alkanes of at least 4 members (excludes halogenated alkanes) is 1. The van der Waals surface area contributed by atoms with Gasteiger partial charge in [0.15, 0.2) is 0 Å². The fourth-order valence-electron chi connectivity index (χ4n) is 2.45. The summed E-state index contributed by atoms with van der Waals surface area (Å²) in [6, 6.07) is 2.14. The van der Waals surface area contributed by atoms with E-state index in [0.29, 0.717) is 24.7 Å². The van der Waals surface area contributed by atoms with Crippen molar-refractivity contribution in [3.05, 3.63) is 0 Å². The van der Waals surface area contributed by atoms with Crippen LogP contribution in [0.25, 0.3) is 0 Å². The smallest absolute Gasteiger partial charge is 0.0621 e. The number of nitrogens with zero attached hydrogens (tertiary/aromatic N) is 1. The number of aliphatic hydroxyl groups excluding tert-OH is 1. The minimum atomic E-state index is -0.283. The Morgan fingerprint density at radius 2 is 2.27 bits per heavy atom. The normalized spacial score (nSPS) is 41.1. The molecule has 0 radical (unpaired) electrons. The fraction of sp³-hybridized carbons (Fsp3) is 0.917. The van der Waals surface area contributed by atoms with Crippen molar-refractivity contribution in [1.82, 2.24) is 0 Å². The predicted octanol–water partition coefficient (Wildman–Crippen LogP) is 1.80. The summed E-state index contributed by atoms with van der Waals surface area (Å²) < 4.78 is 0. The van der Waals surface area contributed by atoms with Gasteiger partial charge >= 0.3 is 0 Å². The largest absolute Gasteiger partial charge is 0.393 e. The average molecular weight is 210 g/mol. The maximum atomic E-state index is 9.96. The number of nitrogens with two attached hydrogens (primary N) is 1. The van der Waals surface area contributed by atoms with Crippen LogP contribution in [-0.4, -0.2) is 16.7 Å². The highest BCUT2D eigenvalue weighted by molar-refractivity contribution is 4.95. The summed E-state index contributed by atoms with van der Waals surface area (Å²) in [4.78, 5) is 0. The van der Waals surface area contributed by atoms with E-state index in [4.69, 9.17) is 11.0 Å². The summed E-state index contributed by atoms with van der Waals surface area (Å²) in [7, 11) is 0. The van der Waals surface area contributed by atoms with Crippen LogP contribution in [0.2, 0.25) is 0 Å². The van der Waals surface area contributed by atoms with E-state index in [0.717, 1.165) is 19.3 Å². The van der Waals surface area contributed by atoms with Gasteiger partial charge in [-0.3, -0.25) is 0 Å². The van der Waals surface area contributed by atoms with Gasteiger partial charge in [0.05, 0.1) is 12.2 Å². The fourth-order valence-corrected chi connectivity index (χ4v) is 2.45. The van der Waals surface area contributed by atoms with E-state index < -0.39 is 0 Å². The first kappa shape index (κ1) is 12.5. The standard InChI is InChI=1S/C12H22N2O/c1-9-7-10(5-3-4-6-13)11(15)8-12(9,2)14/h9-11,15H,3-5,7-8,14H2,1-2H3. The quantitative estimate of drug-likeness (QED) is 0.698. The second-order valence-electron chi connectivity index (χ2n) is 5.22. The molecule has 1 fully saturated rings. The molecular weight excluding hydrogens is 188 g/mol. The van der Waals surface area contributed by atoms with Gasteiger partial charge in [-0.15, -0.1) is 0 Å². The molecule has 1 aliphatic rings. The summed E-state index contributed by atoms with van der Waals surface area (Å²) >= 11 is 0. The number of nitriles is 1. The summed E-state index contributed by atoms with van der Waals surface area (Å²) in [5.74, 6) is 0.790. The van der Waals surface area contributed by atoms with Crippen molar-refractivity contribution in [1.29, 1.82) is 5.26 Å². The lowest BCUT2D eigenvalue weighted by molar-refractivity contribution is 0.00808. The van der Waals surface area contributed by atoms with Crippen LogP contribution < -0.4 is 5.73 Å². The van der Waals surface area contributed by atoms with Crippen LogP contribution >= 0.6 is 0 Å². The molecule has 0 saturated heterocycles. The number of rotatable bonds is 3. The van der Waals surface area contributed by atoms with Crippen molar-refractivity contribution in [3.63, 3.8) is 0 Å². The van der Waals surface area contributed by atoms with Crippen molar-refractivity contribution in [2.45, 2.75) is 57.6 Å². The van der Waals surface area contributed by atoms with Gasteiger partial charge in [-0.1, -0.05) is 6.92 Å². The summed E-state index contributed by atoms with van der Waals surface area (Å²) in [6.45, 7) is 4.18. The molecule has 4 atom stereocenters. The van der Waals surface area contributed by atoms with Crippen molar-refractivity contribution in [2.24, 2.45) is 17.6 Å². The van der Waals surface area contributed by atoms with Crippen LogP contribution in [-0.2, 0) is 0 Å². The van der Waals surface area contributed by atoms with Gasteiger partial charge in [-0.25, -0.2) is 0 Å². The second-order valence-corrected chi connectivity index (χ2v) is 5.22. The minimum absolute atomic E-state index is 0.231. The van der Waals surface area contributed by atoms with Crippen LogP contribution in [0.4, 0.5) is 0 Å². The third kappa shape index (κ3) is 3.19. The highest BCUT2D eigenvalue weighted by atomic mass is 16.3. The molecular formula is C12H22N2O.